The Balaban J connectivity index is 2.11. The van der Waals surface area contributed by atoms with Crippen LogP contribution in [0, 0.1) is 26.7 Å². The average Bonchev–Trinajstić information content (AvgIpc) is 2.83. The lowest BCUT2D eigenvalue weighted by Crippen LogP contribution is -2.37. The third kappa shape index (κ3) is 7.28. The van der Waals surface area contributed by atoms with Crippen molar-refractivity contribution < 1.29 is 21.6 Å². The Hall–Kier alpha value is -3.01. The zero-order valence-electron chi connectivity index (χ0n) is 22.0. The van der Waals surface area contributed by atoms with E-state index in [1.54, 1.807) is 76.2 Å². The van der Waals surface area contributed by atoms with Crippen molar-refractivity contribution in [3.63, 3.8) is 0 Å². The number of aryl methyl sites for hydroxylation is 3. The van der Waals surface area contributed by atoms with Crippen LogP contribution in [0.1, 0.15) is 49.1 Å². The second-order valence-corrected chi connectivity index (χ2v) is 12.7. The van der Waals surface area contributed by atoms with Crippen molar-refractivity contribution >= 4 is 25.9 Å². The highest BCUT2D eigenvalue weighted by atomic mass is 32.2. The summed E-state index contributed by atoms with van der Waals surface area (Å²) in [6.45, 7) is 10.6. The van der Waals surface area contributed by atoms with E-state index in [9.17, 15) is 16.8 Å². The highest BCUT2D eigenvalue weighted by molar-refractivity contribution is 7.90. The van der Waals surface area contributed by atoms with E-state index in [0.717, 1.165) is 11.1 Å². The van der Waals surface area contributed by atoms with E-state index in [-0.39, 0.29) is 21.8 Å². The minimum atomic E-state index is -4.13. The first kappa shape index (κ1) is 28.6. The molecule has 3 aromatic carbocycles. The zero-order valence-corrected chi connectivity index (χ0v) is 23.6. The highest BCUT2D eigenvalue weighted by Crippen LogP contribution is 2.29. The average molecular weight is 543 g/mol. The largest absolute Gasteiger partial charge is 0.477 e. The van der Waals surface area contributed by atoms with E-state index in [4.69, 9.17) is 4.74 Å². The summed E-state index contributed by atoms with van der Waals surface area (Å²) in [6.07, 6.45) is -0.389. The van der Waals surface area contributed by atoms with Crippen molar-refractivity contribution in [1.29, 1.82) is 0 Å². The topological polar surface area (TPSA) is 102 Å². The lowest BCUT2D eigenvalue weighted by atomic mass is 9.95. The number of rotatable bonds is 9. The number of nitrogens with zero attached hydrogens (tertiary/aromatic N) is 1. The highest BCUT2D eigenvalue weighted by Gasteiger charge is 2.32. The molecule has 0 aliphatic heterocycles. The van der Waals surface area contributed by atoms with Gasteiger partial charge in [-0.05, 0) is 69.5 Å². The van der Waals surface area contributed by atoms with Gasteiger partial charge in [0.25, 0.3) is 10.0 Å². The molecule has 0 saturated heterocycles. The van der Waals surface area contributed by atoms with E-state index in [2.05, 4.69) is 9.12 Å². The van der Waals surface area contributed by atoms with Gasteiger partial charge in [0.05, 0.1) is 27.9 Å². The molecule has 0 heterocycles. The maximum absolute atomic E-state index is 13.4. The Labute approximate surface area is 220 Å². The van der Waals surface area contributed by atoms with Crippen molar-refractivity contribution in [2.75, 3.05) is 0 Å². The van der Waals surface area contributed by atoms with Gasteiger partial charge in [-0.2, -0.15) is 8.42 Å². The normalized spacial score (nSPS) is 14.4. The standard InChI is InChI=1S/C28H34N2O5S2/c1-19(2)35-28(30-37(33,34)26-18-21(4)12-15-22(26)5)23(6)27(24-10-8-7-9-11-24)29-36(31,32)25-16-13-20(3)14-17-25/h7-19,23,27,29H,1-6H3/b30-28-/t23-,27+/m1/s1. The first-order chi connectivity index (χ1) is 17.3. The Morgan fingerprint density at radius 3 is 2.00 bits per heavy atom. The molecule has 0 aliphatic rings. The SMILES string of the molecule is Cc1ccc(S(=O)(=O)N[C@H](c2ccccc2)[C@@H](C)/C(=N/S(=O)(=O)c2cc(C)ccc2C)OC(C)C)cc1. The lowest BCUT2D eigenvalue weighted by molar-refractivity contribution is 0.207. The number of sulfonamides is 2. The van der Waals surface area contributed by atoms with Gasteiger partial charge < -0.3 is 4.74 Å². The molecule has 7 nitrogen and oxygen atoms in total. The van der Waals surface area contributed by atoms with Crippen LogP contribution in [0.4, 0.5) is 0 Å². The lowest BCUT2D eigenvalue weighted by Gasteiger charge is -2.27. The van der Waals surface area contributed by atoms with Gasteiger partial charge in [-0.15, -0.1) is 4.40 Å². The van der Waals surface area contributed by atoms with Crippen molar-refractivity contribution in [3.8, 4) is 0 Å². The van der Waals surface area contributed by atoms with Crippen LogP contribution in [-0.2, 0) is 24.8 Å². The second kappa shape index (κ2) is 11.6. The van der Waals surface area contributed by atoms with E-state index >= 15 is 0 Å². The van der Waals surface area contributed by atoms with Crippen LogP contribution < -0.4 is 4.72 Å². The molecule has 0 fully saturated rings. The van der Waals surface area contributed by atoms with Gasteiger partial charge in [0.15, 0.2) is 0 Å². The van der Waals surface area contributed by atoms with Crippen LogP contribution in [-0.4, -0.2) is 28.8 Å². The molecule has 3 rings (SSSR count). The summed E-state index contributed by atoms with van der Waals surface area (Å²) in [5.41, 5.74) is 2.93. The Morgan fingerprint density at radius 2 is 1.41 bits per heavy atom. The molecular formula is C28H34N2O5S2. The molecule has 198 valence electrons. The van der Waals surface area contributed by atoms with Crippen molar-refractivity contribution in [1.82, 2.24) is 4.72 Å². The van der Waals surface area contributed by atoms with Crippen molar-refractivity contribution in [2.45, 2.75) is 63.5 Å². The number of nitrogens with one attached hydrogen (secondary N) is 1. The summed E-state index contributed by atoms with van der Waals surface area (Å²) in [4.78, 5) is 0.193. The molecule has 0 aliphatic carbocycles. The molecule has 2 atom stereocenters. The molecule has 0 bridgehead atoms. The van der Waals surface area contributed by atoms with Gasteiger partial charge in [-0.1, -0.05) is 67.1 Å². The number of hydrogen-bond acceptors (Lipinski definition) is 5. The Bertz CT molecular complexity index is 1460. The molecule has 0 saturated carbocycles. The van der Waals surface area contributed by atoms with Crippen LogP contribution in [0.5, 0.6) is 0 Å². The van der Waals surface area contributed by atoms with E-state index < -0.39 is 32.0 Å². The molecule has 0 aromatic heterocycles. The molecule has 0 amide bonds. The summed E-state index contributed by atoms with van der Waals surface area (Å²) in [6, 6.07) is 19.8. The fourth-order valence-electron chi connectivity index (χ4n) is 3.82. The third-order valence-electron chi connectivity index (χ3n) is 5.85. The van der Waals surface area contributed by atoms with Crippen molar-refractivity contribution in [2.24, 2.45) is 10.3 Å². The van der Waals surface area contributed by atoms with Crippen LogP contribution >= 0.6 is 0 Å². The quantitative estimate of drug-likeness (QED) is 0.285. The smallest absolute Gasteiger partial charge is 0.285 e. The maximum Gasteiger partial charge on any atom is 0.285 e. The van der Waals surface area contributed by atoms with E-state index in [1.165, 1.54) is 12.1 Å². The molecule has 37 heavy (non-hydrogen) atoms. The summed E-state index contributed by atoms with van der Waals surface area (Å²) in [7, 11) is -8.08. The van der Waals surface area contributed by atoms with Crippen LogP contribution in [0.15, 0.2) is 87.0 Å². The number of hydrogen-bond donors (Lipinski definition) is 1. The van der Waals surface area contributed by atoms with Gasteiger partial charge in [0.2, 0.25) is 15.9 Å². The number of benzene rings is 3. The van der Waals surface area contributed by atoms with E-state index in [1.807, 2.05) is 26.0 Å². The van der Waals surface area contributed by atoms with Gasteiger partial charge in [-0.3, -0.25) is 0 Å². The number of ether oxygens (including phenoxy) is 1. The maximum atomic E-state index is 13.4. The second-order valence-electron chi connectivity index (χ2n) is 9.45. The molecule has 1 N–H and O–H groups in total. The predicted octanol–water partition coefficient (Wildman–Crippen LogP) is 5.48. The van der Waals surface area contributed by atoms with Gasteiger partial charge in [0.1, 0.15) is 0 Å². The van der Waals surface area contributed by atoms with Crippen LogP contribution in [0.25, 0.3) is 0 Å². The first-order valence-corrected chi connectivity index (χ1v) is 14.9. The molecule has 9 heteroatoms. The van der Waals surface area contributed by atoms with Crippen LogP contribution in [0.2, 0.25) is 0 Å². The minimum absolute atomic E-state index is 0.0728. The molecular weight excluding hydrogens is 508 g/mol. The summed E-state index contributed by atoms with van der Waals surface area (Å²) in [5, 5.41) is 0. The minimum Gasteiger partial charge on any atom is -0.477 e. The van der Waals surface area contributed by atoms with Gasteiger partial charge >= 0.3 is 0 Å². The molecule has 0 unspecified atom stereocenters. The third-order valence-corrected chi connectivity index (χ3v) is 8.72. The van der Waals surface area contributed by atoms with Crippen molar-refractivity contribution in [3.05, 3.63) is 95.1 Å². The Morgan fingerprint density at radius 1 is 0.811 bits per heavy atom. The summed E-state index contributed by atoms with van der Waals surface area (Å²) < 4.78 is 66.3. The monoisotopic (exact) mass is 542 g/mol. The first-order valence-electron chi connectivity index (χ1n) is 12.0. The molecule has 0 radical (unpaired) electrons. The fraction of sp³-hybridized carbons (Fsp3) is 0.321. The fourth-order valence-corrected chi connectivity index (χ4v) is 6.48. The summed E-state index contributed by atoms with van der Waals surface area (Å²) in [5.74, 6) is -0.832. The van der Waals surface area contributed by atoms with Gasteiger partial charge in [0, 0.05) is 0 Å². The van der Waals surface area contributed by atoms with Gasteiger partial charge in [-0.25, -0.2) is 13.1 Å². The predicted molar refractivity (Wildman–Crippen MR) is 147 cm³/mol. The Kier molecular flexibility index (Phi) is 8.94. The zero-order chi connectivity index (χ0) is 27.4. The van der Waals surface area contributed by atoms with E-state index in [0.29, 0.717) is 11.1 Å². The summed E-state index contributed by atoms with van der Waals surface area (Å²) >= 11 is 0. The molecule has 0 spiro atoms. The molecule has 3 aromatic rings. The van der Waals surface area contributed by atoms with Crippen LogP contribution in [0.3, 0.4) is 0 Å².